The van der Waals surface area contributed by atoms with Crippen molar-refractivity contribution in [3.63, 3.8) is 0 Å². The molecule has 0 bridgehead atoms. The van der Waals surface area contributed by atoms with Crippen molar-refractivity contribution in [3.05, 3.63) is 46.5 Å². The summed E-state index contributed by atoms with van der Waals surface area (Å²) in [5.74, 6) is 0.901. The molecule has 166 valence electrons. The first kappa shape index (κ1) is 21.3. The van der Waals surface area contributed by atoms with Crippen LogP contribution in [0.3, 0.4) is 0 Å². The lowest BCUT2D eigenvalue weighted by Gasteiger charge is -2.34. The summed E-state index contributed by atoms with van der Waals surface area (Å²) in [6.07, 6.45) is -1.79. The summed E-state index contributed by atoms with van der Waals surface area (Å²) < 4.78 is 13.8. The first-order valence-corrected chi connectivity index (χ1v) is 10.4. The Bertz CT molecular complexity index is 920. The molecule has 0 radical (unpaired) electrons. The monoisotopic (exact) mass is 430 g/mol. The minimum atomic E-state index is -1.27. The Hall–Kier alpha value is -2.98. The third-order valence-corrected chi connectivity index (χ3v) is 5.89. The Kier molecular flexibility index (Phi) is 6.19. The number of pyridine rings is 1. The number of alkyl halides is 1. The minimum Gasteiger partial charge on any atom is -0.390 e. The summed E-state index contributed by atoms with van der Waals surface area (Å²) in [6, 6.07) is 10.4. The SMILES string of the molecule is CN1CCN(c2ccc([N+](=O)[O-])c(Nc3ccc(N4CCC(O)C(F)C4)cc3)n2)CC1. The number of piperazine rings is 1. The van der Waals surface area contributed by atoms with E-state index in [9.17, 15) is 19.6 Å². The Morgan fingerprint density at radius 3 is 2.45 bits per heavy atom. The summed E-state index contributed by atoms with van der Waals surface area (Å²) in [6.45, 7) is 4.18. The van der Waals surface area contributed by atoms with Gasteiger partial charge in [0.05, 0.1) is 17.6 Å². The van der Waals surface area contributed by atoms with Crippen molar-refractivity contribution in [2.24, 2.45) is 0 Å². The molecule has 2 fully saturated rings. The molecule has 1 aromatic heterocycles. The Morgan fingerprint density at radius 1 is 1.10 bits per heavy atom. The average Bonchev–Trinajstić information content (AvgIpc) is 2.76. The predicted octanol–water partition coefficient (Wildman–Crippen LogP) is 2.39. The number of halogens is 1. The molecule has 4 rings (SSSR count). The molecule has 2 N–H and O–H groups in total. The van der Waals surface area contributed by atoms with Crippen molar-refractivity contribution >= 4 is 28.7 Å². The molecular formula is C21H27FN6O3. The van der Waals surface area contributed by atoms with E-state index in [-0.39, 0.29) is 18.1 Å². The zero-order valence-electron chi connectivity index (χ0n) is 17.4. The van der Waals surface area contributed by atoms with Crippen LogP contribution < -0.4 is 15.1 Å². The standard InChI is InChI=1S/C21H27FN6O3/c1-25-10-12-26(13-11-25)20-7-6-18(28(30)31)21(24-20)23-15-2-4-16(5-3-15)27-9-8-19(29)17(22)14-27/h2-7,17,19,29H,8-14H2,1H3,(H,23,24). The maximum Gasteiger partial charge on any atom is 0.311 e. The van der Waals surface area contributed by atoms with Crippen LogP contribution in [0.1, 0.15) is 6.42 Å². The molecule has 2 saturated heterocycles. The van der Waals surface area contributed by atoms with Gasteiger partial charge in [0.15, 0.2) is 0 Å². The van der Waals surface area contributed by atoms with Gasteiger partial charge in [-0.2, -0.15) is 0 Å². The van der Waals surface area contributed by atoms with Crippen LogP contribution in [0, 0.1) is 10.1 Å². The highest BCUT2D eigenvalue weighted by Gasteiger charge is 2.27. The van der Waals surface area contributed by atoms with Gasteiger partial charge in [-0.15, -0.1) is 0 Å². The number of anilines is 4. The minimum absolute atomic E-state index is 0.0905. The Balaban J connectivity index is 1.51. The lowest BCUT2D eigenvalue weighted by Crippen LogP contribution is -2.44. The van der Waals surface area contributed by atoms with E-state index in [4.69, 9.17) is 0 Å². The number of aromatic nitrogens is 1. The molecule has 2 aromatic rings. The Labute approximate surface area is 180 Å². The number of nitrogens with one attached hydrogen (secondary N) is 1. The van der Waals surface area contributed by atoms with Gasteiger partial charge in [0.1, 0.15) is 12.0 Å². The summed E-state index contributed by atoms with van der Waals surface area (Å²) in [7, 11) is 2.07. The second kappa shape index (κ2) is 9.03. The highest BCUT2D eigenvalue weighted by Crippen LogP contribution is 2.30. The fourth-order valence-corrected chi connectivity index (χ4v) is 3.91. The normalized spacial score (nSPS) is 22.4. The number of nitrogens with zero attached hydrogens (tertiary/aromatic N) is 5. The predicted molar refractivity (Wildman–Crippen MR) is 118 cm³/mol. The molecule has 2 aliphatic rings. The van der Waals surface area contributed by atoms with E-state index in [2.05, 4.69) is 27.1 Å². The van der Waals surface area contributed by atoms with E-state index in [1.807, 2.05) is 17.0 Å². The van der Waals surface area contributed by atoms with Crippen molar-refractivity contribution in [2.75, 3.05) is 61.4 Å². The number of hydrogen-bond acceptors (Lipinski definition) is 8. The van der Waals surface area contributed by atoms with E-state index >= 15 is 0 Å². The van der Waals surface area contributed by atoms with Gasteiger partial charge < -0.3 is 25.1 Å². The molecule has 0 amide bonds. The van der Waals surface area contributed by atoms with Gasteiger partial charge in [-0.3, -0.25) is 10.1 Å². The van der Waals surface area contributed by atoms with E-state index in [0.29, 0.717) is 24.5 Å². The quantitative estimate of drug-likeness (QED) is 0.551. The molecule has 0 spiro atoms. The number of likely N-dealkylation sites (N-methyl/N-ethyl adjacent to an activating group) is 1. The Morgan fingerprint density at radius 2 is 1.81 bits per heavy atom. The van der Waals surface area contributed by atoms with E-state index in [1.165, 1.54) is 6.07 Å². The number of piperidine rings is 1. The third-order valence-electron chi connectivity index (χ3n) is 5.89. The summed E-state index contributed by atoms with van der Waals surface area (Å²) >= 11 is 0. The van der Waals surface area contributed by atoms with E-state index in [0.717, 1.165) is 31.9 Å². The largest absolute Gasteiger partial charge is 0.390 e. The van der Waals surface area contributed by atoms with Gasteiger partial charge in [0, 0.05) is 50.2 Å². The maximum absolute atomic E-state index is 13.8. The van der Waals surface area contributed by atoms with Crippen molar-refractivity contribution < 1.29 is 14.4 Å². The molecule has 0 saturated carbocycles. The molecule has 1 aromatic carbocycles. The summed E-state index contributed by atoms with van der Waals surface area (Å²) in [5, 5.41) is 24.1. The summed E-state index contributed by atoms with van der Waals surface area (Å²) in [4.78, 5) is 21.8. The second-order valence-electron chi connectivity index (χ2n) is 8.07. The van der Waals surface area contributed by atoms with Crippen LogP contribution in [0.4, 0.5) is 33.1 Å². The fraction of sp³-hybridized carbons (Fsp3) is 0.476. The van der Waals surface area contributed by atoms with Crippen LogP contribution in [-0.4, -0.2) is 78.5 Å². The molecule has 10 heteroatoms. The van der Waals surface area contributed by atoms with Crippen LogP contribution in [0.25, 0.3) is 0 Å². The molecule has 9 nitrogen and oxygen atoms in total. The van der Waals surface area contributed by atoms with Crippen molar-refractivity contribution in [3.8, 4) is 0 Å². The number of aliphatic hydroxyl groups is 1. The number of hydrogen-bond donors (Lipinski definition) is 2. The van der Waals surface area contributed by atoms with Crippen LogP contribution in [0.5, 0.6) is 0 Å². The molecule has 0 aliphatic carbocycles. The topological polar surface area (TPSA) is 98.0 Å². The zero-order valence-corrected chi connectivity index (χ0v) is 17.4. The molecule has 2 aliphatic heterocycles. The first-order valence-electron chi connectivity index (χ1n) is 10.4. The molecular weight excluding hydrogens is 403 g/mol. The maximum atomic E-state index is 13.8. The van der Waals surface area contributed by atoms with Gasteiger partial charge in [0.25, 0.3) is 0 Å². The highest BCUT2D eigenvalue weighted by molar-refractivity contribution is 5.69. The van der Waals surface area contributed by atoms with Gasteiger partial charge in [-0.25, -0.2) is 9.37 Å². The molecule has 2 unspecified atom stereocenters. The van der Waals surface area contributed by atoms with Crippen molar-refractivity contribution in [1.82, 2.24) is 9.88 Å². The second-order valence-corrected chi connectivity index (χ2v) is 8.07. The lowest BCUT2D eigenvalue weighted by atomic mass is 10.1. The number of aliphatic hydroxyl groups excluding tert-OH is 1. The van der Waals surface area contributed by atoms with E-state index < -0.39 is 17.2 Å². The van der Waals surface area contributed by atoms with Crippen LogP contribution >= 0.6 is 0 Å². The van der Waals surface area contributed by atoms with E-state index in [1.54, 1.807) is 18.2 Å². The van der Waals surface area contributed by atoms with Crippen LogP contribution in [0.15, 0.2) is 36.4 Å². The smallest absolute Gasteiger partial charge is 0.311 e. The fourth-order valence-electron chi connectivity index (χ4n) is 3.91. The van der Waals surface area contributed by atoms with Crippen LogP contribution in [-0.2, 0) is 0 Å². The van der Waals surface area contributed by atoms with Crippen molar-refractivity contribution in [1.29, 1.82) is 0 Å². The average molecular weight is 430 g/mol. The van der Waals surface area contributed by atoms with Gasteiger partial charge in [0.2, 0.25) is 5.82 Å². The van der Waals surface area contributed by atoms with Crippen molar-refractivity contribution in [2.45, 2.75) is 18.7 Å². The first-order chi connectivity index (χ1) is 14.9. The van der Waals surface area contributed by atoms with Gasteiger partial charge in [-0.05, 0) is 43.8 Å². The molecule has 31 heavy (non-hydrogen) atoms. The highest BCUT2D eigenvalue weighted by atomic mass is 19.1. The third kappa shape index (κ3) is 4.86. The van der Waals surface area contributed by atoms with Crippen LogP contribution in [0.2, 0.25) is 0 Å². The number of nitro groups is 1. The molecule has 2 atom stereocenters. The molecule has 3 heterocycles. The van der Waals surface area contributed by atoms with Gasteiger partial charge >= 0.3 is 5.69 Å². The summed E-state index contributed by atoms with van der Waals surface area (Å²) in [5.41, 5.74) is 1.41. The number of benzene rings is 1. The van der Waals surface area contributed by atoms with Gasteiger partial charge in [-0.1, -0.05) is 0 Å². The zero-order chi connectivity index (χ0) is 22.0. The number of rotatable bonds is 5. The lowest BCUT2D eigenvalue weighted by molar-refractivity contribution is -0.384.